The first-order valence-electron chi connectivity index (χ1n) is 11.7. The molecule has 0 aliphatic carbocycles. The Morgan fingerprint density at radius 2 is 1.83 bits per heavy atom. The monoisotopic (exact) mass is 483 g/mol. The fourth-order valence-corrected chi connectivity index (χ4v) is 4.27. The third-order valence-electron chi connectivity index (χ3n) is 6.37. The molecule has 3 aromatic heterocycles. The van der Waals surface area contributed by atoms with Gasteiger partial charge < -0.3 is 4.98 Å². The number of aryl methyl sites for hydroxylation is 2. The Morgan fingerprint density at radius 3 is 2.61 bits per heavy atom. The van der Waals surface area contributed by atoms with E-state index in [0.717, 1.165) is 33.2 Å². The van der Waals surface area contributed by atoms with Gasteiger partial charge in [-0.3, -0.25) is 14.7 Å². The van der Waals surface area contributed by atoms with Crippen molar-refractivity contribution in [1.82, 2.24) is 35.1 Å². The maximum atomic E-state index is 13.3. The molecule has 0 fully saturated rings. The molecule has 0 unspecified atom stereocenters. The number of nitrogens with zero attached hydrogens (tertiary/aromatic N) is 6. The number of aromatic amines is 1. The molecular formula is C27H26FN7O. The summed E-state index contributed by atoms with van der Waals surface area (Å²) in [5.41, 5.74) is 5.52. The zero-order valence-corrected chi connectivity index (χ0v) is 20.1. The molecule has 182 valence electrons. The summed E-state index contributed by atoms with van der Waals surface area (Å²) < 4.78 is 15.0. The van der Waals surface area contributed by atoms with Crippen molar-refractivity contribution in [3.8, 4) is 0 Å². The van der Waals surface area contributed by atoms with Crippen molar-refractivity contribution in [2.24, 2.45) is 0 Å². The highest BCUT2D eigenvalue weighted by molar-refractivity contribution is 5.83. The van der Waals surface area contributed by atoms with Crippen LogP contribution < -0.4 is 5.56 Å². The van der Waals surface area contributed by atoms with Crippen molar-refractivity contribution in [3.05, 3.63) is 117 Å². The Morgan fingerprint density at radius 1 is 1.00 bits per heavy atom. The standard InChI is InChI=1S/C27H26FN7O/c1-18-5-8-22-12-23(27(36)30-26(22)19(18)2)16-34(14-21-4-3-11-29-13-21)17-25-31-32-33-35(25)15-20-6-9-24(28)10-7-20/h3-13H,14-17H2,1-2H3,(H,30,36). The molecule has 0 radical (unpaired) electrons. The summed E-state index contributed by atoms with van der Waals surface area (Å²) in [7, 11) is 0. The molecule has 36 heavy (non-hydrogen) atoms. The molecule has 0 spiro atoms. The van der Waals surface area contributed by atoms with Gasteiger partial charge in [-0.05, 0) is 76.2 Å². The lowest BCUT2D eigenvalue weighted by atomic mass is 10.0. The van der Waals surface area contributed by atoms with Crippen LogP contribution in [-0.2, 0) is 26.2 Å². The summed E-state index contributed by atoms with van der Waals surface area (Å²) in [6.45, 7) is 5.83. The van der Waals surface area contributed by atoms with E-state index >= 15 is 0 Å². The first-order valence-corrected chi connectivity index (χ1v) is 11.7. The molecule has 2 aromatic carbocycles. The number of hydrogen-bond donors (Lipinski definition) is 1. The average molecular weight is 484 g/mol. The van der Waals surface area contributed by atoms with E-state index in [2.05, 4.69) is 36.5 Å². The molecule has 0 amide bonds. The minimum Gasteiger partial charge on any atom is -0.321 e. The lowest BCUT2D eigenvalue weighted by molar-refractivity contribution is 0.235. The first-order chi connectivity index (χ1) is 17.5. The van der Waals surface area contributed by atoms with Crippen molar-refractivity contribution in [2.45, 2.75) is 40.0 Å². The number of halogens is 1. The van der Waals surface area contributed by atoms with Crippen LogP contribution in [0.25, 0.3) is 10.9 Å². The van der Waals surface area contributed by atoms with Crippen LogP contribution in [0.1, 0.15) is 33.6 Å². The molecule has 0 aliphatic heterocycles. The topological polar surface area (TPSA) is 92.6 Å². The third kappa shape index (κ3) is 5.21. The summed E-state index contributed by atoms with van der Waals surface area (Å²) in [6, 6.07) is 16.2. The van der Waals surface area contributed by atoms with Crippen LogP contribution in [0.4, 0.5) is 4.39 Å². The minimum absolute atomic E-state index is 0.113. The second kappa shape index (κ2) is 10.2. The SMILES string of the molecule is Cc1ccc2cc(CN(Cc3cccnc3)Cc3nnnn3Cc3ccc(F)cc3)c(=O)[nH]c2c1C. The van der Waals surface area contributed by atoms with Gasteiger partial charge in [0, 0.05) is 31.0 Å². The maximum Gasteiger partial charge on any atom is 0.252 e. The largest absolute Gasteiger partial charge is 0.321 e. The lowest BCUT2D eigenvalue weighted by Gasteiger charge is -2.22. The number of fused-ring (bicyclic) bond motifs is 1. The van der Waals surface area contributed by atoms with Crippen molar-refractivity contribution in [2.75, 3.05) is 0 Å². The quantitative estimate of drug-likeness (QED) is 0.360. The Balaban J connectivity index is 1.44. The van der Waals surface area contributed by atoms with Gasteiger partial charge in [-0.2, -0.15) is 0 Å². The van der Waals surface area contributed by atoms with Crippen LogP contribution in [0, 0.1) is 19.7 Å². The van der Waals surface area contributed by atoms with E-state index in [1.165, 1.54) is 12.1 Å². The van der Waals surface area contributed by atoms with E-state index in [1.807, 2.05) is 44.3 Å². The van der Waals surface area contributed by atoms with Gasteiger partial charge >= 0.3 is 0 Å². The lowest BCUT2D eigenvalue weighted by Crippen LogP contribution is -2.28. The smallest absolute Gasteiger partial charge is 0.252 e. The molecule has 8 nitrogen and oxygen atoms in total. The Hall–Kier alpha value is -4.24. The van der Waals surface area contributed by atoms with Crippen LogP contribution in [0.3, 0.4) is 0 Å². The highest BCUT2D eigenvalue weighted by atomic mass is 19.1. The third-order valence-corrected chi connectivity index (χ3v) is 6.37. The Kier molecular flexibility index (Phi) is 6.64. The molecule has 0 saturated heterocycles. The number of benzene rings is 2. The molecule has 0 aliphatic rings. The van der Waals surface area contributed by atoms with Crippen LogP contribution >= 0.6 is 0 Å². The number of nitrogens with one attached hydrogen (secondary N) is 1. The molecule has 5 rings (SSSR count). The van der Waals surface area contributed by atoms with Crippen molar-refractivity contribution >= 4 is 10.9 Å². The van der Waals surface area contributed by atoms with E-state index in [4.69, 9.17) is 0 Å². The Labute approximate surface area is 207 Å². The summed E-state index contributed by atoms with van der Waals surface area (Å²) in [4.78, 5) is 22.5. The second-order valence-electron chi connectivity index (χ2n) is 8.98. The summed E-state index contributed by atoms with van der Waals surface area (Å²) in [5, 5.41) is 13.2. The fourth-order valence-electron chi connectivity index (χ4n) is 4.27. The van der Waals surface area contributed by atoms with Gasteiger partial charge in [0.2, 0.25) is 0 Å². The number of H-pyrrole nitrogens is 1. The number of aromatic nitrogens is 6. The van der Waals surface area contributed by atoms with Crippen molar-refractivity contribution in [1.29, 1.82) is 0 Å². The van der Waals surface area contributed by atoms with Crippen LogP contribution in [0.15, 0.2) is 71.8 Å². The second-order valence-corrected chi connectivity index (χ2v) is 8.98. The predicted octanol–water partition coefficient (Wildman–Crippen LogP) is 3.92. The fraction of sp³-hybridized carbons (Fsp3) is 0.222. The van der Waals surface area contributed by atoms with Crippen molar-refractivity contribution < 1.29 is 4.39 Å². The molecule has 0 bridgehead atoms. The zero-order valence-electron chi connectivity index (χ0n) is 20.1. The zero-order chi connectivity index (χ0) is 25.1. The number of hydrogen-bond acceptors (Lipinski definition) is 6. The first kappa shape index (κ1) is 23.5. The highest BCUT2D eigenvalue weighted by Gasteiger charge is 2.17. The predicted molar refractivity (Wildman–Crippen MR) is 135 cm³/mol. The van der Waals surface area contributed by atoms with Crippen LogP contribution in [0.5, 0.6) is 0 Å². The average Bonchev–Trinajstić information content (AvgIpc) is 3.31. The molecule has 0 saturated carbocycles. The van der Waals surface area contributed by atoms with Gasteiger partial charge in [0.1, 0.15) is 5.82 Å². The van der Waals surface area contributed by atoms with Crippen LogP contribution in [-0.4, -0.2) is 35.1 Å². The van der Waals surface area contributed by atoms with E-state index in [-0.39, 0.29) is 11.4 Å². The normalized spacial score (nSPS) is 11.4. The highest BCUT2D eigenvalue weighted by Crippen LogP contribution is 2.20. The van der Waals surface area contributed by atoms with Gasteiger partial charge in [0.15, 0.2) is 5.82 Å². The molecule has 3 heterocycles. The van der Waals surface area contributed by atoms with Gasteiger partial charge in [-0.25, -0.2) is 9.07 Å². The van der Waals surface area contributed by atoms with Crippen LogP contribution in [0.2, 0.25) is 0 Å². The molecule has 0 atom stereocenters. The van der Waals surface area contributed by atoms with Gasteiger partial charge in [-0.1, -0.05) is 30.3 Å². The van der Waals surface area contributed by atoms with Gasteiger partial charge in [-0.15, -0.1) is 5.10 Å². The number of rotatable bonds is 8. The molecule has 9 heteroatoms. The molecule has 5 aromatic rings. The number of tetrazole rings is 1. The van der Waals surface area contributed by atoms with E-state index < -0.39 is 0 Å². The molecular weight excluding hydrogens is 457 g/mol. The summed E-state index contributed by atoms with van der Waals surface area (Å²) >= 11 is 0. The summed E-state index contributed by atoms with van der Waals surface area (Å²) in [6.07, 6.45) is 3.54. The van der Waals surface area contributed by atoms with Gasteiger partial charge in [0.25, 0.3) is 5.56 Å². The molecule has 1 N–H and O–H groups in total. The van der Waals surface area contributed by atoms with Gasteiger partial charge in [0.05, 0.1) is 18.6 Å². The minimum atomic E-state index is -0.288. The van der Waals surface area contributed by atoms with E-state index in [0.29, 0.717) is 37.6 Å². The van der Waals surface area contributed by atoms with E-state index in [9.17, 15) is 9.18 Å². The van der Waals surface area contributed by atoms with E-state index in [1.54, 1.807) is 23.0 Å². The van der Waals surface area contributed by atoms with Crippen molar-refractivity contribution in [3.63, 3.8) is 0 Å². The maximum absolute atomic E-state index is 13.3. The Bertz CT molecular complexity index is 1540. The summed E-state index contributed by atoms with van der Waals surface area (Å²) in [5.74, 6) is 0.358. The number of pyridine rings is 2.